The van der Waals surface area contributed by atoms with E-state index in [1.165, 1.54) is 6.92 Å². The van der Waals surface area contributed by atoms with Crippen LogP contribution in [-0.4, -0.2) is 12.1 Å². The monoisotopic (exact) mass is 210 g/mol. The second-order valence-corrected chi connectivity index (χ2v) is 3.59. The van der Waals surface area contributed by atoms with Gasteiger partial charge in [-0.3, -0.25) is 4.79 Å². The average Bonchev–Trinajstić information content (AvgIpc) is 2.20. The summed E-state index contributed by atoms with van der Waals surface area (Å²) in [5.74, 6) is -0.173. The predicted octanol–water partition coefficient (Wildman–Crippen LogP) is 3.63. The van der Waals surface area contributed by atoms with Crippen LogP contribution in [0.2, 0.25) is 0 Å². The summed E-state index contributed by atoms with van der Waals surface area (Å²) in [4.78, 5) is 10.7. The molecule has 0 heterocycles. The van der Waals surface area contributed by atoms with E-state index >= 15 is 0 Å². The van der Waals surface area contributed by atoms with Crippen LogP contribution in [-0.2, 0) is 9.53 Å². The van der Waals surface area contributed by atoms with Gasteiger partial charge in [0.05, 0.1) is 0 Å². The van der Waals surface area contributed by atoms with E-state index in [9.17, 15) is 4.79 Å². The SMILES string of the molecule is C=CC=CCCCCC(CC)OC(C)=O. The summed E-state index contributed by atoms with van der Waals surface area (Å²) in [5.41, 5.74) is 0. The van der Waals surface area contributed by atoms with Crippen molar-refractivity contribution in [1.29, 1.82) is 0 Å². The van der Waals surface area contributed by atoms with Crippen LogP contribution >= 0.6 is 0 Å². The highest BCUT2D eigenvalue weighted by molar-refractivity contribution is 5.66. The zero-order chi connectivity index (χ0) is 11.5. The maximum atomic E-state index is 10.7. The molecule has 15 heavy (non-hydrogen) atoms. The number of unbranched alkanes of at least 4 members (excludes halogenated alkanes) is 2. The quantitative estimate of drug-likeness (QED) is 0.347. The summed E-state index contributed by atoms with van der Waals surface area (Å²) in [6, 6.07) is 0. The molecule has 0 N–H and O–H groups in total. The molecule has 1 atom stereocenters. The Morgan fingerprint density at radius 2 is 2.20 bits per heavy atom. The molecule has 0 rings (SSSR count). The predicted molar refractivity (Wildman–Crippen MR) is 63.7 cm³/mol. The van der Waals surface area contributed by atoms with E-state index in [2.05, 4.69) is 12.7 Å². The normalized spacial score (nSPS) is 12.7. The fourth-order valence-corrected chi connectivity index (χ4v) is 1.41. The van der Waals surface area contributed by atoms with Gasteiger partial charge < -0.3 is 4.74 Å². The molecule has 0 amide bonds. The first-order chi connectivity index (χ1) is 7.20. The maximum Gasteiger partial charge on any atom is 0.302 e. The fraction of sp³-hybridized carbons (Fsp3) is 0.615. The van der Waals surface area contributed by atoms with Crippen LogP contribution in [0.3, 0.4) is 0 Å². The minimum Gasteiger partial charge on any atom is -0.463 e. The Hall–Kier alpha value is -1.05. The number of hydrogen-bond acceptors (Lipinski definition) is 2. The minimum absolute atomic E-state index is 0.103. The molecule has 2 heteroatoms. The van der Waals surface area contributed by atoms with Gasteiger partial charge in [0.25, 0.3) is 0 Å². The smallest absolute Gasteiger partial charge is 0.302 e. The van der Waals surface area contributed by atoms with E-state index in [4.69, 9.17) is 4.74 Å². The summed E-state index contributed by atoms with van der Waals surface area (Å²) >= 11 is 0. The van der Waals surface area contributed by atoms with Crippen LogP contribution in [0.4, 0.5) is 0 Å². The maximum absolute atomic E-state index is 10.7. The third-order valence-corrected chi connectivity index (χ3v) is 2.21. The standard InChI is InChI=1S/C13H22O2/c1-4-6-7-8-9-10-11-13(5-2)15-12(3)14/h4,6-7,13H,1,5,8-11H2,2-3H3. The lowest BCUT2D eigenvalue weighted by molar-refractivity contribution is -0.146. The second kappa shape index (κ2) is 9.50. The molecule has 0 bridgehead atoms. The zero-order valence-corrected chi connectivity index (χ0v) is 9.87. The molecular weight excluding hydrogens is 188 g/mol. The van der Waals surface area contributed by atoms with Gasteiger partial charge in [-0.1, -0.05) is 31.7 Å². The van der Waals surface area contributed by atoms with E-state index in [0.717, 1.165) is 32.1 Å². The average molecular weight is 210 g/mol. The molecule has 0 aliphatic heterocycles. The van der Waals surface area contributed by atoms with E-state index in [1.54, 1.807) is 6.08 Å². The van der Waals surface area contributed by atoms with Gasteiger partial charge in [0.2, 0.25) is 0 Å². The molecule has 0 radical (unpaired) electrons. The van der Waals surface area contributed by atoms with Crippen molar-refractivity contribution in [2.45, 2.75) is 52.1 Å². The summed E-state index contributed by atoms with van der Waals surface area (Å²) in [7, 11) is 0. The van der Waals surface area contributed by atoms with Gasteiger partial charge >= 0.3 is 5.97 Å². The molecule has 0 aliphatic carbocycles. The van der Waals surface area contributed by atoms with Crippen molar-refractivity contribution in [2.24, 2.45) is 0 Å². The van der Waals surface area contributed by atoms with Gasteiger partial charge in [-0.05, 0) is 32.1 Å². The van der Waals surface area contributed by atoms with Gasteiger partial charge in [-0.15, -0.1) is 0 Å². The Kier molecular flexibility index (Phi) is 8.84. The van der Waals surface area contributed by atoms with E-state index < -0.39 is 0 Å². The van der Waals surface area contributed by atoms with Gasteiger partial charge in [0.15, 0.2) is 0 Å². The summed E-state index contributed by atoms with van der Waals surface area (Å²) in [6.45, 7) is 7.12. The number of esters is 1. The molecule has 0 spiro atoms. The third kappa shape index (κ3) is 9.26. The van der Waals surface area contributed by atoms with Crippen LogP contribution < -0.4 is 0 Å². The zero-order valence-electron chi connectivity index (χ0n) is 9.87. The summed E-state index contributed by atoms with van der Waals surface area (Å²) in [5, 5.41) is 0. The van der Waals surface area contributed by atoms with Crippen molar-refractivity contribution in [1.82, 2.24) is 0 Å². The highest BCUT2D eigenvalue weighted by Crippen LogP contribution is 2.10. The van der Waals surface area contributed by atoms with E-state index in [1.807, 2.05) is 13.0 Å². The van der Waals surface area contributed by atoms with Crippen molar-refractivity contribution >= 4 is 5.97 Å². The van der Waals surface area contributed by atoms with Gasteiger partial charge in [-0.25, -0.2) is 0 Å². The van der Waals surface area contributed by atoms with Gasteiger partial charge in [-0.2, -0.15) is 0 Å². The van der Waals surface area contributed by atoms with Gasteiger partial charge in [0.1, 0.15) is 6.10 Å². The van der Waals surface area contributed by atoms with Crippen LogP contribution in [0.5, 0.6) is 0 Å². The Labute approximate surface area is 93.0 Å². The second-order valence-electron chi connectivity index (χ2n) is 3.59. The molecular formula is C13H22O2. The van der Waals surface area contributed by atoms with Crippen LogP contribution in [0, 0.1) is 0 Å². The lowest BCUT2D eigenvalue weighted by Gasteiger charge is -2.14. The summed E-state index contributed by atoms with van der Waals surface area (Å²) in [6.07, 6.45) is 11.2. The number of carbonyl (C=O) groups is 1. The Bertz CT molecular complexity index is 207. The number of carbonyl (C=O) groups excluding carboxylic acids is 1. The first-order valence-electron chi connectivity index (χ1n) is 5.65. The largest absolute Gasteiger partial charge is 0.463 e. The van der Waals surface area contributed by atoms with Crippen molar-refractivity contribution in [3.8, 4) is 0 Å². The highest BCUT2D eigenvalue weighted by atomic mass is 16.5. The Morgan fingerprint density at radius 1 is 1.47 bits per heavy atom. The number of allylic oxidation sites excluding steroid dienone is 3. The Balaban J connectivity index is 3.50. The molecule has 0 fully saturated rings. The van der Waals surface area contributed by atoms with Crippen molar-refractivity contribution < 1.29 is 9.53 Å². The van der Waals surface area contributed by atoms with Crippen molar-refractivity contribution in [3.63, 3.8) is 0 Å². The van der Waals surface area contributed by atoms with Crippen LogP contribution in [0.25, 0.3) is 0 Å². The minimum atomic E-state index is -0.173. The topological polar surface area (TPSA) is 26.3 Å². The molecule has 0 aromatic heterocycles. The molecule has 0 saturated heterocycles. The first-order valence-corrected chi connectivity index (χ1v) is 5.65. The van der Waals surface area contributed by atoms with Crippen LogP contribution in [0.1, 0.15) is 46.0 Å². The van der Waals surface area contributed by atoms with Crippen molar-refractivity contribution in [3.05, 3.63) is 24.8 Å². The lowest BCUT2D eigenvalue weighted by atomic mass is 10.1. The molecule has 2 nitrogen and oxygen atoms in total. The number of ether oxygens (including phenoxy) is 1. The molecule has 0 aliphatic rings. The number of rotatable bonds is 8. The highest BCUT2D eigenvalue weighted by Gasteiger charge is 2.08. The molecule has 0 saturated carbocycles. The fourth-order valence-electron chi connectivity index (χ4n) is 1.41. The van der Waals surface area contributed by atoms with Crippen molar-refractivity contribution in [2.75, 3.05) is 0 Å². The first kappa shape index (κ1) is 13.9. The third-order valence-electron chi connectivity index (χ3n) is 2.21. The molecule has 0 aromatic carbocycles. The molecule has 1 unspecified atom stereocenters. The molecule has 86 valence electrons. The van der Waals surface area contributed by atoms with E-state index in [0.29, 0.717) is 0 Å². The lowest BCUT2D eigenvalue weighted by Crippen LogP contribution is -2.14. The van der Waals surface area contributed by atoms with Crippen LogP contribution in [0.15, 0.2) is 24.8 Å². The van der Waals surface area contributed by atoms with E-state index in [-0.39, 0.29) is 12.1 Å². The summed E-state index contributed by atoms with van der Waals surface area (Å²) < 4.78 is 5.15. The van der Waals surface area contributed by atoms with Gasteiger partial charge in [0, 0.05) is 6.92 Å². The Morgan fingerprint density at radius 3 is 2.73 bits per heavy atom. The number of hydrogen-bond donors (Lipinski definition) is 0. The molecule has 0 aromatic rings.